The average Bonchev–Trinajstić information content (AvgIpc) is 2.68. The van der Waals surface area contributed by atoms with Gasteiger partial charge in [0, 0.05) is 24.9 Å². The fourth-order valence-corrected chi connectivity index (χ4v) is 1.80. The van der Waals surface area contributed by atoms with Crippen LogP contribution in [0.25, 0.3) is 10.9 Å². The summed E-state index contributed by atoms with van der Waals surface area (Å²) < 4.78 is 2.00. The molecule has 0 unspecified atom stereocenters. The number of hydrogen-bond acceptors (Lipinski definition) is 3. The third-order valence-corrected chi connectivity index (χ3v) is 2.65. The summed E-state index contributed by atoms with van der Waals surface area (Å²) in [5, 5.41) is 28.0. The van der Waals surface area contributed by atoms with Crippen molar-refractivity contribution in [3.63, 3.8) is 0 Å². The number of aromatic nitrogens is 1. The Balaban J connectivity index is 2.39. The van der Waals surface area contributed by atoms with Crippen LogP contribution in [0.5, 0.6) is 0 Å². The van der Waals surface area contributed by atoms with Gasteiger partial charge in [0.15, 0.2) is 0 Å². The van der Waals surface area contributed by atoms with Crippen LogP contribution in [-0.4, -0.2) is 33.4 Å². The molecular formula is C11H14BNO3. The highest BCUT2D eigenvalue weighted by molar-refractivity contribution is 6.58. The minimum absolute atomic E-state index is 0.155. The molecule has 0 radical (unpaired) electrons. The Bertz CT molecular complexity index is 481. The third-order valence-electron chi connectivity index (χ3n) is 2.65. The lowest BCUT2D eigenvalue weighted by Crippen LogP contribution is -2.29. The molecule has 0 bridgehead atoms. The first kappa shape index (κ1) is 11.2. The molecule has 2 rings (SSSR count). The van der Waals surface area contributed by atoms with Gasteiger partial charge in [-0.1, -0.05) is 12.1 Å². The molecule has 1 aromatic heterocycles. The molecule has 16 heavy (non-hydrogen) atoms. The molecule has 0 atom stereocenters. The quantitative estimate of drug-likeness (QED) is 0.618. The topological polar surface area (TPSA) is 65.6 Å². The number of fused-ring (bicyclic) bond motifs is 1. The molecule has 0 saturated heterocycles. The van der Waals surface area contributed by atoms with E-state index in [9.17, 15) is 0 Å². The van der Waals surface area contributed by atoms with Crippen LogP contribution >= 0.6 is 0 Å². The maximum absolute atomic E-state index is 9.09. The molecule has 3 N–H and O–H groups in total. The number of aliphatic hydroxyl groups excluding tert-OH is 1. The average molecular weight is 219 g/mol. The van der Waals surface area contributed by atoms with E-state index >= 15 is 0 Å². The Morgan fingerprint density at radius 2 is 2.00 bits per heavy atom. The molecule has 0 aliphatic carbocycles. The first-order valence-corrected chi connectivity index (χ1v) is 5.28. The van der Waals surface area contributed by atoms with E-state index in [4.69, 9.17) is 15.2 Å². The van der Waals surface area contributed by atoms with Gasteiger partial charge in [0.05, 0.1) is 0 Å². The molecule has 1 aromatic carbocycles. The van der Waals surface area contributed by atoms with Gasteiger partial charge < -0.3 is 19.7 Å². The lowest BCUT2D eigenvalue weighted by Gasteiger charge is -2.05. The molecule has 1 heterocycles. The van der Waals surface area contributed by atoms with Gasteiger partial charge in [0.2, 0.25) is 0 Å². The Hall–Kier alpha value is -1.30. The third kappa shape index (κ3) is 2.11. The maximum atomic E-state index is 9.09. The fraction of sp³-hybridized carbons (Fsp3) is 0.273. The Kier molecular flexibility index (Phi) is 3.29. The van der Waals surface area contributed by atoms with Crippen LogP contribution in [-0.2, 0) is 6.54 Å². The minimum atomic E-state index is -1.44. The Morgan fingerprint density at radius 1 is 1.19 bits per heavy atom. The smallest absolute Gasteiger partial charge is 0.423 e. The van der Waals surface area contributed by atoms with Crippen molar-refractivity contribution in [3.8, 4) is 0 Å². The zero-order valence-electron chi connectivity index (χ0n) is 8.87. The first-order valence-electron chi connectivity index (χ1n) is 5.28. The number of nitrogens with zero attached hydrogens (tertiary/aromatic N) is 1. The van der Waals surface area contributed by atoms with E-state index in [0.717, 1.165) is 17.4 Å². The Labute approximate surface area is 93.9 Å². The van der Waals surface area contributed by atoms with Crippen molar-refractivity contribution in [2.24, 2.45) is 0 Å². The highest BCUT2D eigenvalue weighted by Crippen LogP contribution is 2.14. The second kappa shape index (κ2) is 4.70. The number of rotatable bonds is 4. The van der Waals surface area contributed by atoms with Crippen molar-refractivity contribution in [1.82, 2.24) is 4.57 Å². The molecule has 84 valence electrons. The molecule has 0 saturated carbocycles. The highest BCUT2D eigenvalue weighted by atomic mass is 16.4. The monoisotopic (exact) mass is 219 g/mol. The summed E-state index contributed by atoms with van der Waals surface area (Å²) >= 11 is 0. The van der Waals surface area contributed by atoms with Gasteiger partial charge in [-0.25, -0.2) is 0 Å². The van der Waals surface area contributed by atoms with E-state index < -0.39 is 7.12 Å². The van der Waals surface area contributed by atoms with E-state index in [1.54, 1.807) is 12.1 Å². The molecule has 0 amide bonds. The van der Waals surface area contributed by atoms with Crippen LogP contribution < -0.4 is 5.46 Å². The van der Waals surface area contributed by atoms with E-state index in [1.807, 2.05) is 22.9 Å². The van der Waals surface area contributed by atoms with Gasteiger partial charge in [-0.2, -0.15) is 0 Å². The summed E-state index contributed by atoms with van der Waals surface area (Å²) in [6.07, 6.45) is 2.63. The predicted molar refractivity (Wildman–Crippen MR) is 63.5 cm³/mol. The summed E-state index contributed by atoms with van der Waals surface area (Å²) in [4.78, 5) is 0. The van der Waals surface area contributed by atoms with Crippen LogP contribution in [0.3, 0.4) is 0 Å². The van der Waals surface area contributed by atoms with Crippen LogP contribution in [0.15, 0.2) is 30.5 Å². The highest BCUT2D eigenvalue weighted by Gasteiger charge is 2.12. The summed E-state index contributed by atoms with van der Waals surface area (Å²) in [7, 11) is -1.44. The summed E-state index contributed by atoms with van der Waals surface area (Å²) in [6, 6.07) is 7.29. The predicted octanol–water partition coefficient (Wildman–Crippen LogP) is -0.296. The Morgan fingerprint density at radius 3 is 2.69 bits per heavy atom. The van der Waals surface area contributed by atoms with Crippen molar-refractivity contribution < 1.29 is 15.2 Å². The standard InChI is InChI=1S/C11H14BNO3/c14-7-1-5-13-6-4-9-2-3-10(12(15)16)8-11(9)13/h2-4,6,8,14-16H,1,5,7H2. The fourth-order valence-electron chi connectivity index (χ4n) is 1.80. The SMILES string of the molecule is OCCCn1ccc2ccc(B(O)O)cc21. The van der Waals surface area contributed by atoms with Crippen LogP contribution in [0, 0.1) is 0 Å². The van der Waals surface area contributed by atoms with Crippen molar-refractivity contribution >= 4 is 23.5 Å². The summed E-state index contributed by atoms with van der Waals surface area (Å²) in [6.45, 7) is 0.882. The van der Waals surface area contributed by atoms with Gasteiger partial charge in [-0.3, -0.25) is 0 Å². The van der Waals surface area contributed by atoms with Crippen molar-refractivity contribution in [2.45, 2.75) is 13.0 Å². The van der Waals surface area contributed by atoms with Gasteiger partial charge >= 0.3 is 7.12 Å². The lowest BCUT2D eigenvalue weighted by molar-refractivity contribution is 0.280. The largest absolute Gasteiger partial charge is 0.488 e. The molecule has 2 aromatic rings. The van der Waals surface area contributed by atoms with Gasteiger partial charge in [0.1, 0.15) is 0 Å². The normalized spacial score (nSPS) is 10.9. The zero-order chi connectivity index (χ0) is 11.5. The van der Waals surface area contributed by atoms with Crippen molar-refractivity contribution in [1.29, 1.82) is 0 Å². The number of aryl methyl sites for hydroxylation is 1. The molecule has 4 nitrogen and oxygen atoms in total. The van der Waals surface area contributed by atoms with Crippen LogP contribution in [0.4, 0.5) is 0 Å². The molecule has 0 spiro atoms. The molecule has 0 aliphatic heterocycles. The molecule has 5 heteroatoms. The summed E-state index contributed by atoms with van der Waals surface area (Å²) in [5.41, 5.74) is 1.44. The number of hydrogen-bond donors (Lipinski definition) is 3. The lowest BCUT2D eigenvalue weighted by atomic mass is 9.80. The molecule has 0 aliphatic rings. The first-order chi connectivity index (χ1) is 7.72. The summed E-state index contributed by atoms with van der Waals surface area (Å²) in [5.74, 6) is 0. The maximum Gasteiger partial charge on any atom is 0.488 e. The van der Waals surface area contributed by atoms with Gasteiger partial charge in [0.25, 0.3) is 0 Å². The van der Waals surface area contributed by atoms with Gasteiger partial charge in [-0.05, 0) is 29.4 Å². The van der Waals surface area contributed by atoms with Crippen LogP contribution in [0.2, 0.25) is 0 Å². The zero-order valence-corrected chi connectivity index (χ0v) is 8.87. The molecule has 0 fully saturated rings. The van der Waals surface area contributed by atoms with Gasteiger partial charge in [-0.15, -0.1) is 0 Å². The second-order valence-corrected chi connectivity index (χ2v) is 3.78. The molecular weight excluding hydrogens is 205 g/mol. The van der Waals surface area contributed by atoms with Crippen LogP contribution in [0.1, 0.15) is 6.42 Å². The second-order valence-electron chi connectivity index (χ2n) is 3.78. The van der Waals surface area contributed by atoms with E-state index in [0.29, 0.717) is 11.9 Å². The van der Waals surface area contributed by atoms with E-state index in [2.05, 4.69) is 0 Å². The number of aliphatic hydroxyl groups is 1. The van der Waals surface area contributed by atoms with E-state index in [-0.39, 0.29) is 6.61 Å². The van der Waals surface area contributed by atoms with E-state index in [1.165, 1.54) is 0 Å². The van der Waals surface area contributed by atoms with Crippen molar-refractivity contribution in [2.75, 3.05) is 6.61 Å². The van der Waals surface area contributed by atoms with Crippen molar-refractivity contribution in [3.05, 3.63) is 30.5 Å². The minimum Gasteiger partial charge on any atom is -0.423 e. The number of benzene rings is 1.